The van der Waals surface area contributed by atoms with Gasteiger partial charge in [0, 0.05) is 16.8 Å². The van der Waals surface area contributed by atoms with Crippen LogP contribution in [0.2, 0.25) is 0 Å². The molecular formula is C14H9FO3. The number of phenolic OH excluding ortho intramolecular Hbond substituents is 1. The molecule has 0 atom stereocenters. The molecule has 0 aliphatic rings. The van der Waals surface area contributed by atoms with Gasteiger partial charge in [0.2, 0.25) is 0 Å². The zero-order chi connectivity index (χ0) is 12.9. The van der Waals surface area contributed by atoms with Crippen molar-refractivity contribution >= 4 is 21.7 Å². The molecule has 0 aliphatic heterocycles. The maximum absolute atomic E-state index is 14.0. The van der Waals surface area contributed by atoms with Crippen LogP contribution in [0.15, 0.2) is 39.5 Å². The van der Waals surface area contributed by atoms with Gasteiger partial charge in [0.15, 0.2) is 0 Å². The summed E-state index contributed by atoms with van der Waals surface area (Å²) in [4.78, 5) is 11.8. The highest BCUT2D eigenvalue weighted by Gasteiger charge is 2.13. The molecular weight excluding hydrogens is 235 g/mol. The molecule has 90 valence electrons. The molecule has 1 N–H and O–H groups in total. The van der Waals surface area contributed by atoms with Crippen molar-refractivity contribution in [1.29, 1.82) is 0 Å². The first-order valence-electron chi connectivity index (χ1n) is 5.42. The van der Waals surface area contributed by atoms with Crippen LogP contribution in [0.5, 0.6) is 5.75 Å². The van der Waals surface area contributed by atoms with Gasteiger partial charge in [0.1, 0.15) is 22.5 Å². The number of aryl methyl sites for hydroxylation is 1. The van der Waals surface area contributed by atoms with Crippen LogP contribution in [0.4, 0.5) is 4.39 Å². The van der Waals surface area contributed by atoms with Crippen LogP contribution in [-0.4, -0.2) is 5.11 Å². The van der Waals surface area contributed by atoms with E-state index in [4.69, 9.17) is 4.42 Å². The molecule has 3 rings (SSSR count). The fraction of sp³-hybridized carbons (Fsp3) is 0.0714. The fourth-order valence-electron chi connectivity index (χ4n) is 2.07. The topological polar surface area (TPSA) is 50.4 Å². The summed E-state index contributed by atoms with van der Waals surface area (Å²) in [6.07, 6.45) is 0. The van der Waals surface area contributed by atoms with Gasteiger partial charge in [-0.25, -0.2) is 9.18 Å². The Morgan fingerprint density at radius 2 is 1.89 bits per heavy atom. The van der Waals surface area contributed by atoms with Gasteiger partial charge < -0.3 is 9.52 Å². The number of fused-ring (bicyclic) bond motifs is 3. The molecule has 0 bridgehead atoms. The Hall–Kier alpha value is -2.36. The van der Waals surface area contributed by atoms with E-state index in [1.165, 1.54) is 12.1 Å². The third kappa shape index (κ3) is 1.39. The average Bonchev–Trinajstić information content (AvgIpc) is 2.32. The minimum Gasteiger partial charge on any atom is -0.508 e. The molecule has 0 aliphatic carbocycles. The second-order valence-electron chi connectivity index (χ2n) is 4.19. The molecule has 0 unspecified atom stereocenters. The number of phenols is 1. The van der Waals surface area contributed by atoms with Crippen molar-refractivity contribution in [3.8, 4) is 5.75 Å². The molecule has 0 saturated carbocycles. The van der Waals surface area contributed by atoms with E-state index in [1.807, 2.05) is 0 Å². The molecule has 1 heterocycles. The Morgan fingerprint density at radius 1 is 1.17 bits per heavy atom. The summed E-state index contributed by atoms with van der Waals surface area (Å²) in [7, 11) is 0. The second kappa shape index (κ2) is 3.57. The number of rotatable bonds is 0. The molecule has 18 heavy (non-hydrogen) atoms. The van der Waals surface area contributed by atoms with Crippen molar-refractivity contribution in [2.75, 3.05) is 0 Å². The van der Waals surface area contributed by atoms with E-state index in [0.717, 1.165) is 0 Å². The first-order valence-corrected chi connectivity index (χ1v) is 5.42. The van der Waals surface area contributed by atoms with Gasteiger partial charge in [-0.15, -0.1) is 0 Å². The molecule has 0 fully saturated rings. The van der Waals surface area contributed by atoms with Crippen LogP contribution in [0, 0.1) is 12.7 Å². The van der Waals surface area contributed by atoms with Crippen molar-refractivity contribution in [2.24, 2.45) is 0 Å². The molecule has 1 aromatic heterocycles. The lowest BCUT2D eigenvalue weighted by molar-refractivity contribution is 0.473. The number of halogens is 1. The predicted molar refractivity (Wildman–Crippen MR) is 66.3 cm³/mol. The van der Waals surface area contributed by atoms with Gasteiger partial charge in [-0.2, -0.15) is 0 Å². The maximum atomic E-state index is 14.0. The van der Waals surface area contributed by atoms with Gasteiger partial charge >= 0.3 is 5.63 Å². The zero-order valence-electron chi connectivity index (χ0n) is 9.53. The first kappa shape index (κ1) is 10.8. The third-order valence-corrected chi connectivity index (χ3v) is 3.00. The van der Waals surface area contributed by atoms with Crippen LogP contribution in [0.25, 0.3) is 21.7 Å². The minimum absolute atomic E-state index is 0.00224. The van der Waals surface area contributed by atoms with E-state index in [1.54, 1.807) is 25.1 Å². The van der Waals surface area contributed by atoms with E-state index in [-0.39, 0.29) is 16.7 Å². The molecule has 3 aromatic rings. The lowest BCUT2D eigenvalue weighted by Gasteiger charge is -2.05. The third-order valence-electron chi connectivity index (χ3n) is 3.00. The molecule has 0 spiro atoms. The van der Waals surface area contributed by atoms with E-state index in [2.05, 4.69) is 0 Å². The summed E-state index contributed by atoms with van der Waals surface area (Å²) in [6.45, 7) is 1.59. The normalized spacial score (nSPS) is 11.2. The van der Waals surface area contributed by atoms with E-state index in [0.29, 0.717) is 16.3 Å². The Kier molecular flexibility index (Phi) is 2.13. The average molecular weight is 244 g/mol. The Balaban J connectivity index is 2.64. The van der Waals surface area contributed by atoms with Gasteiger partial charge in [0.25, 0.3) is 0 Å². The SMILES string of the molecule is Cc1ccc2c(c1F)c(=O)oc1cc(O)ccc12. The Bertz CT molecular complexity index is 834. The molecule has 0 radical (unpaired) electrons. The van der Waals surface area contributed by atoms with Gasteiger partial charge in [0.05, 0.1) is 0 Å². The Morgan fingerprint density at radius 3 is 2.67 bits per heavy atom. The number of benzene rings is 2. The fourth-order valence-corrected chi connectivity index (χ4v) is 2.07. The second-order valence-corrected chi connectivity index (χ2v) is 4.19. The minimum atomic E-state index is -0.732. The van der Waals surface area contributed by atoms with Crippen LogP contribution in [-0.2, 0) is 0 Å². The summed E-state index contributed by atoms with van der Waals surface area (Å²) in [5.74, 6) is -0.561. The maximum Gasteiger partial charge on any atom is 0.347 e. The summed E-state index contributed by atoms with van der Waals surface area (Å²) in [5, 5.41) is 10.4. The first-order chi connectivity index (χ1) is 8.58. The quantitative estimate of drug-likeness (QED) is 0.488. The van der Waals surface area contributed by atoms with E-state index < -0.39 is 11.4 Å². The standard InChI is InChI=1S/C14H9FO3/c1-7-2-4-10-9-5-3-8(16)6-11(9)18-14(17)12(10)13(7)15/h2-6,16H,1H3. The molecule has 2 aromatic carbocycles. The highest BCUT2D eigenvalue weighted by atomic mass is 19.1. The van der Waals surface area contributed by atoms with Crippen LogP contribution in [0.1, 0.15) is 5.56 Å². The van der Waals surface area contributed by atoms with Crippen LogP contribution >= 0.6 is 0 Å². The monoisotopic (exact) mass is 244 g/mol. The van der Waals surface area contributed by atoms with Crippen molar-refractivity contribution in [2.45, 2.75) is 6.92 Å². The van der Waals surface area contributed by atoms with Gasteiger partial charge in [-0.05, 0) is 24.6 Å². The smallest absolute Gasteiger partial charge is 0.347 e. The van der Waals surface area contributed by atoms with Crippen molar-refractivity contribution in [1.82, 2.24) is 0 Å². The summed E-state index contributed by atoms with van der Waals surface area (Å²) < 4.78 is 19.0. The highest BCUT2D eigenvalue weighted by molar-refractivity contribution is 6.04. The van der Waals surface area contributed by atoms with Crippen molar-refractivity contribution in [3.63, 3.8) is 0 Å². The lowest BCUT2D eigenvalue weighted by atomic mass is 10.0. The zero-order valence-corrected chi connectivity index (χ0v) is 9.53. The lowest BCUT2D eigenvalue weighted by Crippen LogP contribution is -2.03. The Labute approximate surface area is 101 Å². The summed E-state index contributed by atoms with van der Waals surface area (Å²) >= 11 is 0. The number of aromatic hydroxyl groups is 1. The molecule has 4 heteroatoms. The van der Waals surface area contributed by atoms with Crippen molar-refractivity contribution < 1.29 is 13.9 Å². The van der Waals surface area contributed by atoms with E-state index in [9.17, 15) is 14.3 Å². The summed E-state index contributed by atoms with van der Waals surface area (Å²) in [6, 6.07) is 7.71. The molecule has 0 amide bonds. The van der Waals surface area contributed by atoms with Crippen LogP contribution in [0.3, 0.4) is 0 Å². The number of hydrogen-bond acceptors (Lipinski definition) is 3. The van der Waals surface area contributed by atoms with E-state index >= 15 is 0 Å². The van der Waals surface area contributed by atoms with Gasteiger partial charge in [-0.1, -0.05) is 12.1 Å². The summed E-state index contributed by atoms with van der Waals surface area (Å²) in [5.41, 5.74) is -0.0898. The highest BCUT2D eigenvalue weighted by Crippen LogP contribution is 2.27. The molecule has 0 saturated heterocycles. The van der Waals surface area contributed by atoms with Crippen molar-refractivity contribution in [3.05, 3.63) is 52.1 Å². The molecule has 3 nitrogen and oxygen atoms in total. The number of hydrogen-bond donors (Lipinski definition) is 1. The van der Waals surface area contributed by atoms with Crippen LogP contribution < -0.4 is 5.63 Å². The van der Waals surface area contributed by atoms with Gasteiger partial charge in [-0.3, -0.25) is 0 Å². The predicted octanol–water partition coefficient (Wildman–Crippen LogP) is 3.10. The largest absolute Gasteiger partial charge is 0.508 e.